The third kappa shape index (κ3) is 5.27. The van der Waals surface area contributed by atoms with Gasteiger partial charge in [-0.2, -0.15) is 0 Å². The number of aliphatic carboxylic acids is 1. The summed E-state index contributed by atoms with van der Waals surface area (Å²) in [5.74, 6) is 3.07. The Hall–Kier alpha value is -1.95. The summed E-state index contributed by atoms with van der Waals surface area (Å²) in [5.41, 5.74) is 2.05. The van der Waals surface area contributed by atoms with E-state index in [0.717, 1.165) is 35.1 Å². The molecule has 0 radical (unpaired) electrons. The molecule has 6 heteroatoms. The molecule has 1 fully saturated rings. The molecule has 0 atom stereocenters. The molecule has 1 aliphatic rings. The first kappa shape index (κ1) is 18.8. The van der Waals surface area contributed by atoms with E-state index in [1.807, 2.05) is 31.2 Å². The number of aromatic nitrogens is 1. The zero-order valence-corrected chi connectivity index (χ0v) is 15.9. The minimum Gasteiger partial charge on any atom is -0.493 e. The van der Waals surface area contributed by atoms with E-state index in [9.17, 15) is 4.79 Å². The lowest BCUT2D eigenvalue weighted by Crippen LogP contribution is -2.03. The Morgan fingerprint density at radius 1 is 1.38 bits per heavy atom. The summed E-state index contributed by atoms with van der Waals surface area (Å²) in [6, 6.07) is 7.81. The first-order chi connectivity index (χ1) is 12.6. The Morgan fingerprint density at radius 2 is 2.19 bits per heavy atom. The molecule has 1 aliphatic carbocycles. The van der Waals surface area contributed by atoms with Crippen molar-refractivity contribution in [3.05, 3.63) is 47.2 Å². The number of oxazole rings is 1. The zero-order chi connectivity index (χ0) is 18.4. The number of hydrogen-bond acceptors (Lipinski definition) is 5. The summed E-state index contributed by atoms with van der Waals surface area (Å²) in [7, 11) is 0. The molecule has 26 heavy (non-hydrogen) atoms. The maximum Gasteiger partial charge on any atom is 0.313 e. The van der Waals surface area contributed by atoms with Crippen LogP contribution >= 0.6 is 11.8 Å². The Labute approximate surface area is 158 Å². The van der Waals surface area contributed by atoms with Crippen LogP contribution in [-0.2, 0) is 17.0 Å². The molecule has 2 aromatic rings. The highest BCUT2D eigenvalue weighted by Gasteiger charge is 2.23. The standard InChI is InChI=1S/C20H25NO4S/c1-14-18(21-20(25-14)16-6-2-3-7-16)9-10-24-17-8-4-5-15(11-17)12-26-13-19(22)23/h4-5,8,11,16H,2-3,6-7,9-10,12-13H2,1H3,(H,22,23). The van der Waals surface area contributed by atoms with Crippen molar-refractivity contribution in [2.75, 3.05) is 12.4 Å². The normalized spacial score (nSPS) is 14.7. The maximum absolute atomic E-state index is 10.6. The first-order valence-electron chi connectivity index (χ1n) is 9.09. The van der Waals surface area contributed by atoms with E-state index < -0.39 is 5.97 Å². The van der Waals surface area contributed by atoms with E-state index in [0.29, 0.717) is 18.3 Å². The van der Waals surface area contributed by atoms with E-state index >= 15 is 0 Å². The van der Waals surface area contributed by atoms with Crippen LogP contribution in [-0.4, -0.2) is 28.4 Å². The van der Waals surface area contributed by atoms with Crippen molar-refractivity contribution in [2.45, 2.75) is 50.7 Å². The Kier molecular flexibility index (Phi) is 6.61. The van der Waals surface area contributed by atoms with Gasteiger partial charge < -0.3 is 14.3 Å². The highest BCUT2D eigenvalue weighted by Crippen LogP contribution is 2.34. The zero-order valence-electron chi connectivity index (χ0n) is 15.1. The van der Waals surface area contributed by atoms with Gasteiger partial charge in [0.2, 0.25) is 0 Å². The molecule has 1 aromatic carbocycles. The molecule has 1 N–H and O–H groups in total. The smallest absolute Gasteiger partial charge is 0.313 e. The lowest BCUT2D eigenvalue weighted by molar-refractivity contribution is -0.133. The first-order valence-corrected chi connectivity index (χ1v) is 10.2. The van der Waals surface area contributed by atoms with Gasteiger partial charge in [-0.1, -0.05) is 25.0 Å². The van der Waals surface area contributed by atoms with Gasteiger partial charge >= 0.3 is 5.97 Å². The predicted octanol–water partition coefficient (Wildman–Crippen LogP) is 4.58. The molecule has 1 heterocycles. The summed E-state index contributed by atoms with van der Waals surface area (Å²) < 4.78 is 11.7. The lowest BCUT2D eigenvalue weighted by Gasteiger charge is -2.07. The van der Waals surface area contributed by atoms with Gasteiger partial charge in [-0.15, -0.1) is 11.8 Å². The van der Waals surface area contributed by atoms with Crippen LogP contribution in [0.15, 0.2) is 28.7 Å². The van der Waals surface area contributed by atoms with Crippen molar-refractivity contribution >= 4 is 17.7 Å². The van der Waals surface area contributed by atoms with Gasteiger partial charge in [-0.3, -0.25) is 4.79 Å². The molecular weight excluding hydrogens is 350 g/mol. The van der Waals surface area contributed by atoms with Crippen molar-refractivity contribution in [2.24, 2.45) is 0 Å². The summed E-state index contributed by atoms with van der Waals surface area (Å²) in [6.45, 7) is 2.52. The van der Waals surface area contributed by atoms with E-state index in [1.54, 1.807) is 0 Å². The Balaban J connectivity index is 1.49. The summed E-state index contributed by atoms with van der Waals surface area (Å²) in [5, 5.41) is 8.70. The number of hydrogen-bond donors (Lipinski definition) is 1. The average Bonchev–Trinajstić information content (AvgIpc) is 3.25. The van der Waals surface area contributed by atoms with Crippen LogP contribution in [0.5, 0.6) is 5.75 Å². The fourth-order valence-electron chi connectivity index (χ4n) is 3.28. The molecule has 0 unspecified atom stereocenters. The van der Waals surface area contributed by atoms with E-state index in [4.69, 9.17) is 19.2 Å². The minimum atomic E-state index is -0.789. The van der Waals surface area contributed by atoms with Crippen molar-refractivity contribution in [3.8, 4) is 5.75 Å². The number of thioether (sulfide) groups is 1. The molecule has 0 saturated heterocycles. The van der Waals surface area contributed by atoms with Gasteiger partial charge in [0.1, 0.15) is 11.5 Å². The van der Waals surface area contributed by atoms with Gasteiger partial charge in [0.05, 0.1) is 18.1 Å². The Bertz CT molecular complexity index is 737. The summed E-state index contributed by atoms with van der Waals surface area (Å²) >= 11 is 1.38. The van der Waals surface area contributed by atoms with Crippen molar-refractivity contribution in [1.82, 2.24) is 4.98 Å². The van der Waals surface area contributed by atoms with Crippen molar-refractivity contribution < 1.29 is 19.1 Å². The van der Waals surface area contributed by atoms with Crippen molar-refractivity contribution in [1.29, 1.82) is 0 Å². The van der Waals surface area contributed by atoms with E-state index in [2.05, 4.69) is 0 Å². The van der Waals surface area contributed by atoms with Crippen LogP contribution in [0.2, 0.25) is 0 Å². The fourth-order valence-corrected chi connectivity index (χ4v) is 3.97. The fraction of sp³-hybridized carbons (Fsp3) is 0.500. The van der Waals surface area contributed by atoms with Crippen LogP contribution in [0.3, 0.4) is 0 Å². The number of benzene rings is 1. The largest absolute Gasteiger partial charge is 0.493 e. The third-order valence-corrected chi connectivity index (χ3v) is 5.60. The summed E-state index contributed by atoms with van der Waals surface area (Å²) in [4.78, 5) is 15.3. The molecule has 3 rings (SSSR count). The molecule has 140 valence electrons. The maximum atomic E-state index is 10.6. The van der Waals surface area contributed by atoms with Crippen LogP contribution < -0.4 is 4.74 Å². The van der Waals surface area contributed by atoms with Gasteiger partial charge in [-0.25, -0.2) is 4.98 Å². The second-order valence-electron chi connectivity index (χ2n) is 6.67. The number of rotatable bonds is 9. The molecule has 0 amide bonds. The number of carbonyl (C=O) groups is 1. The van der Waals surface area contributed by atoms with Gasteiger partial charge in [-0.05, 0) is 37.5 Å². The SMILES string of the molecule is Cc1oc(C2CCCC2)nc1CCOc1cccc(CSCC(=O)O)c1. The van der Waals surface area contributed by atoms with Crippen LogP contribution in [0, 0.1) is 6.92 Å². The average molecular weight is 375 g/mol. The second kappa shape index (κ2) is 9.12. The molecule has 0 aliphatic heterocycles. The molecular formula is C20H25NO4S. The van der Waals surface area contributed by atoms with E-state index in [1.165, 1.54) is 37.4 Å². The van der Waals surface area contributed by atoms with Crippen LogP contribution in [0.4, 0.5) is 0 Å². The van der Waals surface area contributed by atoms with E-state index in [-0.39, 0.29) is 5.75 Å². The number of nitrogens with zero attached hydrogens (tertiary/aromatic N) is 1. The molecule has 1 saturated carbocycles. The lowest BCUT2D eigenvalue weighted by atomic mass is 10.1. The molecule has 5 nitrogen and oxygen atoms in total. The van der Waals surface area contributed by atoms with Crippen molar-refractivity contribution in [3.63, 3.8) is 0 Å². The van der Waals surface area contributed by atoms with Crippen LogP contribution in [0.1, 0.15) is 54.5 Å². The van der Waals surface area contributed by atoms with Gasteiger partial charge in [0.15, 0.2) is 5.89 Å². The number of carboxylic acids is 1. The van der Waals surface area contributed by atoms with Gasteiger partial charge in [0, 0.05) is 18.1 Å². The number of aryl methyl sites for hydroxylation is 1. The highest BCUT2D eigenvalue weighted by molar-refractivity contribution is 7.99. The molecule has 0 spiro atoms. The highest BCUT2D eigenvalue weighted by atomic mass is 32.2. The summed E-state index contributed by atoms with van der Waals surface area (Å²) in [6.07, 6.45) is 5.63. The topological polar surface area (TPSA) is 72.6 Å². The third-order valence-electron chi connectivity index (χ3n) is 4.61. The predicted molar refractivity (Wildman–Crippen MR) is 102 cm³/mol. The quantitative estimate of drug-likeness (QED) is 0.692. The monoisotopic (exact) mass is 375 g/mol. The van der Waals surface area contributed by atoms with Crippen LogP contribution in [0.25, 0.3) is 0 Å². The van der Waals surface area contributed by atoms with Gasteiger partial charge in [0.25, 0.3) is 0 Å². The minimum absolute atomic E-state index is 0.111. The molecule has 0 bridgehead atoms. The molecule has 1 aromatic heterocycles. The number of ether oxygens (including phenoxy) is 1. The Morgan fingerprint density at radius 3 is 2.96 bits per heavy atom. The number of carboxylic acid groups (broad SMARTS) is 1. The second-order valence-corrected chi connectivity index (χ2v) is 7.65.